The van der Waals surface area contributed by atoms with E-state index in [-0.39, 0.29) is 29.7 Å². The van der Waals surface area contributed by atoms with Crippen LogP contribution in [-0.2, 0) is 27.4 Å². The van der Waals surface area contributed by atoms with Gasteiger partial charge in [0.15, 0.2) is 0 Å². The third-order valence-corrected chi connectivity index (χ3v) is 7.24. The molecule has 2 fully saturated rings. The zero-order chi connectivity index (χ0) is 26.2. The van der Waals surface area contributed by atoms with Crippen molar-refractivity contribution in [3.05, 3.63) is 70.8 Å². The predicted octanol–water partition coefficient (Wildman–Crippen LogP) is 6.12. The molecule has 1 amide bonds. The molecule has 2 aliphatic heterocycles. The van der Waals surface area contributed by atoms with Crippen LogP contribution in [0.15, 0.2) is 48.5 Å². The molecular weight excluding hydrogens is 486 g/mol. The van der Waals surface area contributed by atoms with E-state index in [1.165, 1.54) is 6.92 Å². The van der Waals surface area contributed by atoms with Crippen molar-refractivity contribution in [2.45, 2.75) is 68.6 Å². The number of carbonyl (C=O) groups is 1. The number of amides is 1. The molecule has 10 heteroatoms. The molecule has 2 aliphatic rings. The molecule has 2 saturated heterocycles. The third kappa shape index (κ3) is 5.70. The fourth-order valence-electron chi connectivity index (χ4n) is 5.08. The third-order valence-electron chi connectivity index (χ3n) is 7.24. The molecule has 0 bridgehead atoms. The van der Waals surface area contributed by atoms with Gasteiger partial charge < -0.3 is 15.4 Å². The molecule has 196 valence electrons. The molecule has 1 spiro atoms. The lowest BCUT2D eigenvalue weighted by atomic mass is 9.73. The van der Waals surface area contributed by atoms with Gasteiger partial charge in [0.05, 0.1) is 34.9 Å². The summed E-state index contributed by atoms with van der Waals surface area (Å²) in [5.74, 6) is 0.00477. The molecule has 3 atom stereocenters. The summed E-state index contributed by atoms with van der Waals surface area (Å²) in [6.45, 7) is 1.95. The first-order valence-corrected chi connectivity index (χ1v) is 11.8. The van der Waals surface area contributed by atoms with Gasteiger partial charge in [0.2, 0.25) is 5.91 Å². The van der Waals surface area contributed by atoms with Crippen LogP contribution >= 0.6 is 0 Å². The zero-order valence-electron chi connectivity index (χ0n) is 19.7. The minimum Gasteiger partial charge on any atom is -0.372 e. The fraction of sp³-hybridized carbons (Fsp3) is 0.500. The fourth-order valence-corrected chi connectivity index (χ4v) is 5.08. The molecule has 4 nitrogen and oxygen atoms in total. The van der Waals surface area contributed by atoms with E-state index in [2.05, 4.69) is 10.6 Å². The Balaban J connectivity index is 1.57. The van der Waals surface area contributed by atoms with Crippen molar-refractivity contribution in [2.24, 2.45) is 0 Å². The van der Waals surface area contributed by atoms with Crippen LogP contribution in [-0.4, -0.2) is 24.6 Å². The van der Waals surface area contributed by atoms with Gasteiger partial charge >= 0.3 is 12.4 Å². The number of piperidine rings is 2. The number of halogens is 6. The highest BCUT2D eigenvalue weighted by molar-refractivity contribution is 5.77. The summed E-state index contributed by atoms with van der Waals surface area (Å²) in [7, 11) is 0. The lowest BCUT2D eigenvalue weighted by Crippen LogP contribution is -2.65. The lowest BCUT2D eigenvalue weighted by Gasteiger charge is -2.49. The summed E-state index contributed by atoms with van der Waals surface area (Å²) in [6.07, 6.45) is -7.53. The van der Waals surface area contributed by atoms with Crippen LogP contribution < -0.4 is 10.6 Å². The molecule has 0 radical (unpaired) electrons. The highest BCUT2D eigenvalue weighted by atomic mass is 19.4. The molecule has 2 N–H and O–H groups in total. The van der Waals surface area contributed by atoms with Gasteiger partial charge in [0.25, 0.3) is 0 Å². The first-order chi connectivity index (χ1) is 16.8. The van der Waals surface area contributed by atoms with E-state index in [1.54, 1.807) is 0 Å². The molecule has 36 heavy (non-hydrogen) atoms. The minimum atomic E-state index is -4.93. The molecule has 0 aliphatic carbocycles. The van der Waals surface area contributed by atoms with Crippen LogP contribution in [0.3, 0.4) is 0 Å². The molecule has 0 aromatic heterocycles. The van der Waals surface area contributed by atoms with Crippen molar-refractivity contribution in [1.29, 1.82) is 0 Å². The quantitative estimate of drug-likeness (QED) is 0.473. The minimum absolute atomic E-state index is 0.00477. The second-order valence-corrected chi connectivity index (χ2v) is 9.78. The van der Waals surface area contributed by atoms with Gasteiger partial charge in [-0.1, -0.05) is 30.3 Å². The summed E-state index contributed by atoms with van der Waals surface area (Å²) >= 11 is 0. The Morgan fingerprint density at radius 1 is 0.944 bits per heavy atom. The van der Waals surface area contributed by atoms with Gasteiger partial charge in [-0.25, -0.2) is 0 Å². The Labute approximate surface area is 205 Å². The number of carbonyl (C=O) groups excluding carboxylic acids is 1. The van der Waals surface area contributed by atoms with Gasteiger partial charge in [0, 0.05) is 13.0 Å². The highest BCUT2D eigenvalue weighted by Crippen LogP contribution is 2.40. The number of hydrogen-bond donors (Lipinski definition) is 2. The zero-order valence-corrected chi connectivity index (χ0v) is 19.7. The van der Waals surface area contributed by atoms with Crippen LogP contribution in [0, 0.1) is 0 Å². The van der Waals surface area contributed by atoms with E-state index in [1.807, 2.05) is 30.3 Å². The molecule has 2 aromatic rings. The average molecular weight is 515 g/mol. The predicted molar refractivity (Wildman–Crippen MR) is 121 cm³/mol. The van der Waals surface area contributed by atoms with Crippen molar-refractivity contribution < 1.29 is 35.9 Å². The second-order valence-electron chi connectivity index (χ2n) is 9.78. The van der Waals surface area contributed by atoms with E-state index in [0.717, 1.165) is 18.4 Å². The maximum absolute atomic E-state index is 13.3. The van der Waals surface area contributed by atoms with Gasteiger partial charge in [-0.2, -0.15) is 26.3 Å². The Morgan fingerprint density at radius 3 is 2.11 bits per heavy atom. The smallest absolute Gasteiger partial charge is 0.372 e. The molecule has 0 saturated carbocycles. The standard InChI is InChI=1S/C26H28F6N2O2/c1-17(18-12-20(25(27,28)29)14-21(13-18)26(30,31)32)36-16-24(19-6-3-2-4-7-19)11-10-23(15-33-24)9-5-8-22(35)34-23/h2-4,6-7,12-14,17,33H,5,8-11,15-16H2,1H3,(H,34,35)/t17-,23-,24-/m1/s1. The van der Waals surface area contributed by atoms with Gasteiger partial charge in [-0.05, 0) is 61.9 Å². The summed E-state index contributed by atoms with van der Waals surface area (Å²) in [5, 5.41) is 6.61. The molecule has 0 unspecified atom stereocenters. The summed E-state index contributed by atoms with van der Waals surface area (Å²) in [5.41, 5.74) is -3.13. The second kappa shape index (κ2) is 9.70. The largest absolute Gasteiger partial charge is 0.416 e. The van der Waals surface area contributed by atoms with Crippen molar-refractivity contribution in [2.75, 3.05) is 13.2 Å². The van der Waals surface area contributed by atoms with Crippen molar-refractivity contribution in [3.8, 4) is 0 Å². The monoisotopic (exact) mass is 514 g/mol. The Hall–Kier alpha value is -2.59. The Bertz CT molecular complexity index is 1040. The van der Waals surface area contributed by atoms with Crippen LogP contribution in [0.1, 0.15) is 67.4 Å². The van der Waals surface area contributed by atoms with E-state index >= 15 is 0 Å². The van der Waals surface area contributed by atoms with Crippen LogP contribution in [0.5, 0.6) is 0 Å². The summed E-state index contributed by atoms with van der Waals surface area (Å²) in [6, 6.07) is 10.9. The summed E-state index contributed by atoms with van der Waals surface area (Å²) in [4.78, 5) is 12.0. The van der Waals surface area contributed by atoms with Gasteiger partial charge in [-0.3, -0.25) is 4.79 Å². The van der Waals surface area contributed by atoms with Crippen molar-refractivity contribution >= 4 is 5.91 Å². The maximum Gasteiger partial charge on any atom is 0.416 e. The van der Waals surface area contributed by atoms with Crippen LogP contribution in [0.25, 0.3) is 0 Å². The van der Waals surface area contributed by atoms with E-state index < -0.39 is 35.1 Å². The van der Waals surface area contributed by atoms with Crippen molar-refractivity contribution in [1.82, 2.24) is 10.6 Å². The summed E-state index contributed by atoms with van der Waals surface area (Å²) < 4.78 is 85.8. The number of ether oxygens (including phenoxy) is 1. The number of alkyl halides is 6. The Morgan fingerprint density at radius 2 is 1.58 bits per heavy atom. The van der Waals surface area contributed by atoms with Gasteiger partial charge in [0.1, 0.15) is 0 Å². The Kier molecular flexibility index (Phi) is 7.13. The number of hydrogen-bond acceptors (Lipinski definition) is 3. The number of rotatable bonds is 5. The van der Waals surface area contributed by atoms with Crippen LogP contribution in [0.4, 0.5) is 26.3 Å². The van der Waals surface area contributed by atoms with Crippen LogP contribution in [0.2, 0.25) is 0 Å². The topological polar surface area (TPSA) is 50.4 Å². The first kappa shape index (κ1) is 26.5. The SMILES string of the molecule is C[C@@H](OC[C@@]1(c2ccccc2)CC[C@]2(CCCC(=O)N2)CN1)c1cc(C(F)(F)F)cc(C(F)(F)F)c1. The van der Waals surface area contributed by atoms with Gasteiger partial charge in [-0.15, -0.1) is 0 Å². The molecular formula is C26H28F6N2O2. The maximum atomic E-state index is 13.3. The first-order valence-electron chi connectivity index (χ1n) is 11.8. The normalized spacial score (nSPS) is 26.0. The lowest BCUT2D eigenvalue weighted by molar-refractivity contribution is -0.143. The molecule has 2 aromatic carbocycles. The number of nitrogens with one attached hydrogen (secondary N) is 2. The van der Waals surface area contributed by atoms with Crippen molar-refractivity contribution in [3.63, 3.8) is 0 Å². The van der Waals surface area contributed by atoms with E-state index in [9.17, 15) is 31.1 Å². The average Bonchev–Trinajstić information content (AvgIpc) is 2.83. The number of benzene rings is 2. The van der Waals surface area contributed by atoms with E-state index in [0.29, 0.717) is 37.9 Å². The molecule has 2 heterocycles. The van der Waals surface area contributed by atoms with E-state index in [4.69, 9.17) is 4.74 Å². The highest BCUT2D eigenvalue weighted by Gasteiger charge is 2.45. The molecule has 4 rings (SSSR count).